The highest BCUT2D eigenvalue weighted by Gasteiger charge is 2.45. The molecule has 0 unspecified atom stereocenters. The van der Waals surface area contributed by atoms with Crippen LogP contribution < -0.4 is 21.5 Å². The number of rotatable bonds is 8. The predicted octanol–water partition coefficient (Wildman–Crippen LogP) is 1.85. The van der Waals surface area contributed by atoms with Crippen molar-refractivity contribution in [3.05, 3.63) is 0 Å². The molecule has 118 valence electrons. The van der Waals surface area contributed by atoms with Crippen LogP contribution in [0.25, 0.3) is 0 Å². The Morgan fingerprint density at radius 3 is 2.24 bits per heavy atom. The summed E-state index contributed by atoms with van der Waals surface area (Å²) in [7, 11) is 0. The molecule has 1 aliphatic rings. The molecule has 1 saturated carbocycles. The van der Waals surface area contributed by atoms with Crippen LogP contribution in [-0.2, 0) is 0 Å². The number of hydrogen-bond acceptors (Lipinski definition) is 7. The Bertz CT molecular complexity index is 466. The number of nitrogens with one attached hydrogen (secondary N) is 2. The molecule has 1 aliphatic carbocycles. The molecule has 4 N–H and O–H groups in total. The van der Waals surface area contributed by atoms with Crippen molar-refractivity contribution in [2.24, 2.45) is 17.2 Å². The summed E-state index contributed by atoms with van der Waals surface area (Å²) in [6, 6.07) is 0. The summed E-state index contributed by atoms with van der Waals surface area (Å²) in [5.74, 6) is 7.77. The lowest BCUT2D eigenvalue weighted by Gasteiger charge is -2.22. The number of hydrogen-bond donors (Lipinski definition) is 3. The Morgan fingerprint density at radius 1 is 1.14 bits per heavy atom. The van der Waals surface area contributed by atoms with E-state index < -0.39 is 0 Å². The fourth-order valence-corrected chi connectivity index (χ4v) is 2.53. The van der Waals surface area contributed by atoms with Crippen molar-refractivity contribution < 1.29 is 0 Å². The van der Waals surface area contributed by atoms with E-state index in [0.29, 0.717) is 29.2 Å². The Hall–Kier alpha value is -1.63. The zero-order chi connectivity index (χ0) is 15.5. The molecule has 21 heavy (non-hydrogen) atoms. The third kappa shape index (κ3) is 3.53. The highest BCUT2D eigenvalue weighted by Crippen LogP contribution is 2.51. The molecule has 0 aliphatic heterocycles. The van der Waals surface area contributed by atoms with Crippen LogP contribution in [0, 0.1) is 11.3 Å². The summed E-state index contributed by atoms with van der Waals surface area (Å²) in [6.07, 6.45) is 2.54. The Kier molecular flexibility index (Phi) is 4.82. The van der Waals surface area contributed by atoms with E-state index in [-0.39, 0.29) is 0 Å². The van der Waals surface area contributed by atoms with Crippen LogP contribution in [0.5, 0.6) is 0 Å². The lowest BCUT2D eigenvalue weighted by Crippen LogP contribution is -2.27. The standard InChI is InChI=1S/C14H27N7/c1-5-21(6-2)13-18-11(17-12(19-13)20-15)16-9-14(7-8-14)10(3)4/h10H,5-9,15H2,1-4H3,(H2,16,17,18,19,20). The molecule has 1 fully saturated rings. The first-order valence-corrected chi connectivity index (χ1v) is 7.76. The number of nitrogens with two attached hydrogens (primary N) is 1. The minimum absolute atomic E-state index is 0.392. The topological polar surface area (TPSA) is 92.0 Å². The van der Waals surface area contributed by atoms with E-state index in [0.717, 1.165) is 19.6 Å². The van der Waals surface area contributed by atoms with E-state index in [4.69, 9.17) is 5.84 Å². The van der Waals surface area contributed by atoms with Gasteiger partial charge in [-0.15, -0.1) is 0 Å². The van der Waals surface area contributed by atoms with Gasteiger partial charge in [0.25, 0.3) is 0 Å². The van der Waals surface area contributed by atoms with Crippen LogP contribution >= 0.6 is 0 Å². The van der Waals surface area contributed by atoms with E-state index in [1.54, 1.807) is 0 Å². The fraction of sp³-hybridized carbons (Fsp3) is 0.786. The zero-order valence-corrected chi connectivity index (χ0v) is 13.5. The van der Waals surface area contributed by atoms with Gasteiger partial charge in [-0.25, -0.2) is 5.84 Å². The molecule has 2 rings (SSSR count). The third-order valence-corrected chi connectivity index (χ3v) is 4.51. The van der Waals surface area contributed by atoms with Crippen LogP contribution in [0.2, 0.25) is 0 Å². The zero-order valence-electron chi connectivity index (χ0n) is 13.5. The summed E-state index contributed by atoms with van der Waals surface area (Å²) in [5, 5.41) is 3.36. The number of anilines is 3. The van der Waals surface area contributed by atoms with Gasteiger partial charge in [0.1, 0.15) is 0 Å². The first-order chi connectivity index (χ1) is 10.0. The monoisotopic (exact) mass is 293 g/mol. The lowest BCUT2D eigenvalue weighted by molar-refractivity contribution is 0.379. The molecule has 0 saturated heterocycles. The van der Waals surface area contributed by atoms with Gasteiger partial charge in [-0.3, -0.25) is 5.43 Å². The summed E-state index contributed by atoms with van der Waals surface area (Å²) in [6.45, 7) is 11.3. The number of hydrazine groups is 1. The lowest BCUT2D eigenvalue weighted by atomic mass is 9.92. The van der Waals surface area contributed by atoms with Gasteiger partial charge in [-0.05, 0) is 38.0 Å². The van der Waals surface area contributed by atoms with Gasteiger partial charge in [-0.2, -0.15) is 15.0 Å². The van der Waals surface area contributed by atoms with E-state index in [9.17, 15) is 0 Å². The smallest absolute Gasteiger partial charge is 0.243 e. The van der Waals surface area contributed by atoms with Crippen molar-refractivity contribution in [2.75, 3.05) is 35.3 Å². The summed E-state index contributed by atoms with van der Waals surface area (Å²) < 4.78 is 0. The average Bonchev–Trinajstić information content (AvgIpc) is 3.27. The van der Waals surface area contributed by atoms with Crippen molar-refractivity contribution in [2.45, 2.75) is 40.5 Å². The second kappa shape index (κ2) is 6.43. The van der Waals surface area contributed by atoms with Crippen LogP contribution in [0.1, 0.15) is 40.5 Å². The van der Waals surface area contributed by atoms with Gasteiger partial charge < -0.3 is 10.2 Å². The maximum Gasteiger partial charge on any atom is 0.243 e. The van der Waals surface area contributed by atoms with Crippen LogP contribution in [-0.4, -0.2) is 34.6 Å². The molecule has 0 aromatic carbocycles. The van der Waals surface area contributed by atoms with Gasteiger partial charge in [0.05, 0.1) is 0 Å². The van der Waals surface area contributed by atoms with Gasteiger partial charge >= 0.3 is 0 Å². The molecule has 7 heteroatoms. The number of aromatic nitrogens is 3. The quantitative estimate of drug-likeness (QED) is 0.497. The molecule has 0 spiro atoms. The predicted molar refractivity (Wildman–Crippen MR) is 86.2 cm³/mol. The number of nitrogens with zero attached hydrogens (tertiary/aromatic N) is 4. The molecule has 1 heterocycles. The second-order valence-electron chi connectivity index (χ2n) is 5.97. The first-order valence-electron chi connectivity index (χ1n) is 7.76. The van der Waals surface area contributed by atoms with Gasteiger partial charge in [0, 0.05) is 19.6 Å². The van der Waals surface area contributed by atoms with Crippen LogP contribution in [0.15, 0.2) is 0 Å². The third-order valence-electron chi connectivity index (χ3n) is 4.51. The minimum atomic E-state index is 0.392. The first kappa shape index (κ1) is 15.8. The average molecular weight is 293 g/mol. The second-order valence-corrected chi connectivity index (χ2v) is 5.97. The molecule has 7 nitrogen and oxygen atoms in total. The molecule has 0 atom stereocenters. The van der Waals surface area contributed by atoms with E-state index >= 15 is 0 Å². The maximum atomic E-state index is 5.46. The highest BCUT2D eigenvalue weighted by molar-refractivity contribution is 5.43. The van der Waals surface area contributed by atoms with E-state index in [1.807, 2.05) is 0 Å². The van der Waals surface area contributed by atoms with Crippen molar-refractivity contribution in [1.82, 2.24) is 15.0 Å². The fourth-order valence-electron chi connectivity index (χ4n) is 2.53. The van der Waals surface area contributed by atoms with Crippen molar-refractivity contribution in [1.29, 1.82) is 0 Å². The van der Waals surface area contributed by atoms with Crippen LogP contribution in [0.4, 0.5) is 17.8 Å². The summed E-state index contributed by atoms with van der Waals surface area (Å²) in [5.41, 5.74) is 2.92. The number of nitrogen functional groups attached to an aromatic ring is 1. The molecule has 0 radical (unpaired) electrons. The van der Waals surface area contributed by atoms with Crippen molar-refractivity contribution in [3.63, 3.8) is 0 Å². The van der Waals surface area contributed by atoms with Crippen molar-refractivity contribution >= 4 is 17.8 Å². The maximum absolute atomic E-state index is 5.46. The normalized spacial score (nSPS) is 15.9. The molecule has 1 aromatic heterocycles. The Labute approximate surface area is 126 Å². The molecule has 1 aromatic rings. The SMILES string of the molecule is CCN(CC)c1nc(NN)nc(NCC2(C(C)C)CC2)n1. The van der Waals surface area contributed by atoms with Gasteiger partial charge in [-0.1, -0.05) is 13.8 Å². The molecule has 0 bridgehead atoms. The van der Waals surface area contributed by atoms with E-state index in [2.05, 4.69) is 58.3 Å². The van der Waals surface area contributed by atoms with E-state index in [1.165, 1.54) is 12.8 Å². The van der Waals surface area contributed by atoms with Crippen LogP contribution in [0.3, 0.4) is 0 Å². The summed E-state index contributed by atoms with van der Waals surface area (Å²) in [4.78, 5) is 15.2. The minimum Gasteiger partial charge on any atom is -0.353 e. The summed E-state index contributed by atoms with van der Waals surface area (Å²) >= 11 is 0. The highest BCUT2D eigenvalue weighted by atomic mass is 15.4. The molecular formula is C14H27N7. The van der Waals surface area contributed by atoms with Crippen molar-refractivity contribution in [3.8, 4) is 0 Å². The molecule has 0 amide bonds. The van der Waals surface area contributed by atoms with Gasteiger partial charge in [0.15, 0.2) is 0 Å². The molecular weight excluding hydrogens is 266 g/mol. The Balaban J connectivity index is 2.13. The largest absolute Gasteiger partial charge is 0.353 e. The Morgan fingerprint density at radius 2 is 1.76 bits per heavy atom. The van der Waals surface area contributed by atoms with Gasteiger partial charge in [0.2, 0.25) is 17.8 Å².